The third-order valence-corrected chi connectivity index (χ3v) is 5.00. The second kappa shape index (κ2) is 6.66. The average Bonchev–Trinajstić information content (AvgIpc) is 2.60. The van der Waals surface area contributed by atoms with Crippen molar-refractivity contribution in [3.63, 3.8) is 0 Å². The highest BCUT2D eigenvalue weighted by atomic mass is 32.2. The summed E-state index contributed by atoms with van der Waals surface area (Å²) in [5.41, 5.74) is 1.37. The predicted molar refractivity (Wildman–Crippen MR) is 97.6 cm³/mol. The van der Waals surface area contributed by atoms with Gasteiger partial charge in [-0.1, -0.05) is 42.5 Å². The van der Waals surface area contributed by atoms with Crippen LogP contribution < -0.4 is 10.5 Å². The van der Waals surface area contributed by atoms with E-state index in [4.69, 9.17) is 5.14 Å². The standard InChI is InChI=1S/C19H18N2O3S/c1-13(14-8-10-18(11-9-14)25(20,23)24)21-19(22)17-7-6-15-4-2-3-5-16(15)12-17/h2-13H,1H3,(H,21,22)(H2,20,23,24)/t13-/m1/s1. The molecule has 3 aromatic rings. The van der Waals surface area contributed by atoms with Crippen molar-refractivity contribution < 1.29 is 13.2 Å². The summed E-state index contributed by atoms with van der Waals surface area (Å²) in [6, 6.07) is 19.3. The molecule has 5 nitrogen and oxygen atoms in total. The molecule has 0 bridgehead atoms. The number of amides is 1. The number of sulfonamides is 1. The molecular weight excluding hydrogens is 336 g/mol. The lowest BCUT2D eigenvalue weighted by Gasteiger charge is -2.15. The first kappa shape index (κ1) is 17.1. The average molecular weight is 354 g/mol. The van der Waals surface area contributed by atoms with Crippen molar-refractivity contribution in [2.45, 2.75) is 17.9 Å². The molecule has 1 atom stereocenters. The maximum Gasteiger partial charge on any atom is 0.251 e. The molecule has 0 heterocycles. The van der Waals surface area contributed by atoms with E-state index in [0.717, 1.165) is 16.3 Å². The molecule has 0 fully saturated rings. The van der Waals surface area contributed by atoms with Crippen LogP contribution in [0.2, 0.25) is 0 Å². The fourth-order valence-electron chi connectivity index (χ4n) is 2.64. The van der Waals surface area contributed by atoms with E-state index in [0.29, 0.717) is 5.56 Å². The predicted octanol–water partition coefficient (Wildman–Crippen LogP) is 2.98. The van der Waals surface area contributed by atoms with Gasteiger partial charge in [0.15, 0.2) is 0 Å². The van der Waals surface area contributed by atoms with Crippen LogP contribution in [0.3, 0.4) is 0 Å². The molecule has 0 aliphatic heterocycles. The molecule has 25 heavy (non-hydrogen) atoms. The minimum atomic E-state index is -3.72. The van der Waals surface area contributed by atoms with E-state index in [1.54, 1.807) is 18.2 Å². The fourth-order valence-corrected chi connectivity index (χ4v) is 3.16. The SMILES string of the molecule is C[C@@H](NC(=O)c1ccc2ccccc2c1)c1ccc(S(N)(=O)=O)cc1. The lowest BCUT2D eigenvalue weighted by molar-refractivity contribution is 0.0940. The monoisotopic (exact) mass is 354 g/mol. The van der Waals surface area contributed by atoms with E-state index in [9.17, 15) is 13.2 Å². The number of hydrogen-bond donors (Lipinski definition) is 2. The van der Waals surface area contributed by atoms with Crippen molar-refractivity contribution in [2.24, 2.45) is 5.14 Å². The Balaban J connectivity index is 1.77. The third-order valence-electron chi connectivity index (χ3n) is 4.07. The number of nitrogens with two attached hydrogens (primary N) is 1. The Labute approximate surface area is 146 Å². The first-order valence-electron chi connectivity index (χ1n) is 7.77. The number of hydrogen-bond acceptors (Lipinski definition) is 3. The zero-order valence-electron chi connectivity index (χ0n) is 13.6. The number of rotatable bonds is 4. The molecule has 0 spiro atoms. The molecule has 0 aliphatic rings. The van der Waals surface area contributed by atoms with E-state index in [2.05, 4.69) is 5.32 Å². The molecule has 3 N–H and O–H groups in total. The Morgan fingerprint density at radius 1 is 0.960 bits per heavy atom. The minimum absolute atomic E-state index is 0.0457. The van der Waals surface area contributed by atoms with Crippen LogP contribution in [0, 0.1) is 0 Å². The van der Waals surface area contributed by atoms with Crippen LogP contribution in [0.5, 0.6) is 0 Å². The molecule has 0 radical (unpaired) electrons. The van der Waals surface area contributed by atoms with Crippen molar-refractivity contribution in [1.82, 2.24) is 5.32 Å². The van der Waals surface area contributed by atoms with E-state index in [1.807, 2.05) is 43.3 Å². The highest BCUT2D eigenvalue weighted by Crippen LogP contribution is 2.18. The van der Waals surface area contributed by atoms with Crippen molar-refractivity contribution in [1.29, 1.82) is 0 Å². The van der Waals surface area contributed by atoms with Crippen molar-refractivity contribution in [3.05, 3.63) is 77.9 Å². The van der Waals surface area contributed by atoms with E-state index >= 15 is 0 Å². The topological polar surface area (TPSA) is 89.3 Å². The first-order chi connectivity index (χ1) is 11.8. The summed E-state index contributed by atoms with van der Waals surface area (Å²) in [5.74, 6) is -0.186. The maximum absolute atomic E-state index is 12.5. The maximum atomic E-state index is 12.5. The molecule has 0 saturated heterocycles. The summed E-state index contributed by atoms with van der Waals surface area (Å²) in [5, 5.41) is 10.1. The van der Waals surface area contributed by atoms with Crippen LogP contribution in [0.25, 0.3) is 10.8 Å². The van der Waals surface area contributed by atoms with Crippen molar-refractivity contribution >= 4 is 26.7 Å². The van der Waals surface area contributed by atoms with Crippen molar-refractivity contribution in [2.75, 3.05) is 0 Å². The van der Waals surface area contributed by atoms with Gasteiger partial charge in [0.05, 0.1) is 10.9 Å². The highest BCUT2D eigenvalue weighted by Gasteiger charge is 2.13. The number of benzene rings is 3. The van der Waals surface area contributed by atoms with Gasteiger partial charge >= 0.3 is 0 Å². The Morgan fingerprint density at radius 3 is 2.24 bits per heavy atom. The number of carbonyl (C=O) groups excluding carboxylic acids is 1. The summed E-state index contributed by atoms with van der Waals surface area (Å²) >= 11 is 0. The molecule has 0 unspecified atom stereocenters. The van der Waals surface area contributed by atoms with Gasteiger partial charge in [0.1, 0.15) is 0 Å². The van der Waals surface area contributed by atoms with E-state index in [1.165, 1.54) is 12.1 Å². The van der Waals surface area contributed by atoms with Gasteiger partial charge in [0, 0.05) is 5.56 Å². The van der Waals surface area contributed by atoms with E-state index in [-0.39, 0.29) is 16.8 Å². The molecule has 128 valence electrons. The van der Waals surface area contributed by atoms with Crippen molar-refractivity contribution in [3.8, 4) is 0 Å². The summed E-state index contributed by atoms with van der Waals surface area (Å²) in [6.45, 7) is 1.84. The Kier molecular flexibility index (Phi) is 4.57. The van der Waals surface area contributed by atoms with Gasteiger partial charge in [-0.05, 0) is 47.5 Å². The molecule has 0 saturated carbocycles. The Hall–Kier alpha value is -2.70. The Bertz CT molecular complexity index is 1030. The smallest absolute Gasteiger partial charge is 0.251 e. The quantitative estimate of drug-likeness (QED) is 0.755. The molecule has 6 heteroatoms. The van der Waals surface area contributed by atoms with Gasteiger partial charge in [-0.15, -0.1) is 0 Å². The first-order valence-corrected chi connectivity index (χ1v) is 9.32. The van der Waals surface area contributed by atoms with E-state index < -0.39 is 10.0 Å². The molecule has 0 aliphatic carbocycles. The normalized spacial score (nSPS) is 12.7. The summed E-state index contributed by atoms with van der Waals surface area (Å²) in [6.07, 6.45) is 0. The van der Waals surface area contributed by atoms with Crippen LogP contribution >= 0.6 is 0 Å². The summed E-state index contributed by atoms with van der Waals surface area (Å²) in [7, 11) is -3.72. The van der Waals surface area contributed by atoms with Crippen LogP contribution in [-0.2, 0) is 10.0 Å². The van der Waals surface area contributed by atoms with Gasteiger partial charge in [-0.25, -0.2) is 13.6 Å². The minimum Gasteiger partial charge on any atom is -0.346 e. The number of fused-ring (bicyclic) bond motifs is 1. The van der Waals surface area contributed by atoms with Crippen LogP contribution in [-0.4, -0.2) is 14.3 Å². The second-order valence-corrected chi connectivity index (χ2v) is 7.43. The van der Waals surface area contributed by atoms with Crippen LogP contribution in [0.4, 0.5) is 0 Å². The van der Waals surface area contributed by atoms with Gasteiger partial charge in [0.25, 0.3) is 5.91 Å². The largest absolute Gasteiger partial charge is 0.346 e. The van der Waals surface area contributed by atoms with Crippen LogP contribution in [0.15, 0.2) is 71.6 Å². The van der Waals surface area contributed by atoms with Gasteiger partial charge in [-0.3, -0.25) is 4.79 Å². The van der Waals surface area contributed by atoms with Gasteiger partial charge < -0.3 is 5.32 Å². The molecule has 1 amide bonds. The second-order valence-electron chi connectivity index (χ2n) is 5.87. The zero-order valence-corrected chi connectivity index (χ0v) is 14.5. The van der Waals surface area contributed by atoms with Gasteiger partial charge in [0.2, 0.25) is 10.0 Å². The summed E-state index contributed by atoms with van der Waals surface area (Å²) in [4.78, 5) is 12.5. The zero-order chi connectivity index (χ0) is 18.0. The number of primary sulfonamides is 1. The van der Waals surface area contributed by atoms with Crippen LogP contribution in [0.1, 0.15) is 28.9 Å². The fraction of sp³-hybridized carbons (Fsp3) is 0.105. The lowest BCUT2D eigenvalue weighted by Crippen LogP contribution is -2.26. The number of nitrogens with one attached hydrogen (secondary N) is 1. The molecular formula is C19H18N2O3S. The Morgan fingerprint density at radius 2 is 1.60 bits per heavy atom. The van der Waals surface area contributed by atoms with Gasteiger partial charge in [-0.2, -0.15) is 0 Å². The molecule has 0 aromatic heterocycles. The highest BCUT2D eigenvalue weighted by molar-refractivity contribution is 7.89. The molecule has 3 rings (SSSR count). The molecule has 3 aromatic carbocycles. The summed E-state index contributed by atoms with van der Waals surface area (Å²) < 4.78 is 22.6. The lowest BCUT2D eigenvalue weighted by atomic mass is 10.1. The number of carbonyl (C=O) groups is 1. The third kappa shape index (κ3) is 3.87.